The molecular formula is C20H30ClN3O4S. The topological polar surface area (TPSA) is 113 Å². The number of thioether (sulfide) groups is 1. The largest absolute Gasteiger partial charge is 0.480 e. The Morgan fingerprint density at radius 1 is 1.24 bits per heavy atom. The molecule has 1 aliphatic rings. The number of benzene rings is 1. The van der Waals surface area contributed by atoms with Crippen molar-refractivity contribution >= 4 is 42.0 Å². The third kappa shape index (κ3) is 7.87. The Bertz CT molecular complexity index is 669. The number of rotatable bonds is 9. The quantitative estimate of drug-likeness (QED) is 0.533. The van der Waals surface area contributed by atoms with Gasteiger partial charge in [0.2, 0.25) is 11.8 Å². The van der Waals surface area contributed by atoms with Gasteiger partial charge in [-0.2, -0.15) is 11.8 Å². The summed E-state index contributed by atoms with van der Waals surface area (Å²) in [5.41, 5.74) is 6.81. The minimum atomic E-state index is -1.05. The molecule has 1 aliphatic heterocycles. The maximum atomic E-state index is 12.5. The highest BCUT2D eigenvalue weighted by atomic mass is 35.5. The Morgan fingerprint density at radius 2 is 1.86 bits per heavy atom. The number of piperidine rings is 1. The maximum Gasteiger partial charge on any atom is 0.326 e. The first-order valence-electron chi connectivity index (χ1n) is 9.52. The second-order valence-electron chi connectivity index (χ2n) is 7.08. The average molecular weight is 444 g/mol. The van der Waals surface area contributed by atoms with Crippen LogP contribution in [-0.4, -0.2) is 65.0 Å². The van der Waals surface area contributed by atoms with Gasteiger partial charge in [0.05, 0.1) is 6.04 Å². The molecule has 0 aromatic heterocycles. The van der Waals surface area contributed by atoms with Crippen LogP contribution in [0.3, 0.4) is 0 Å². The van der Waals surface area contributed by atoms with E-state index in [9.17, 15) is 19.5 Å². The van der Waals surface area contributed by atoms with Crippen LogP contribution in [0.15, 0.2) is 30.3 Å². The van der Waals surface area contributed by atoms with Crippen LogP contribution in [0.4, 0.5) is 0 Å². The monoisotopic (exact) mass is 443 g/mol. The second-order valence-corrected chi connectivity index (χ2v) is 8.06. The summed E-state index contributed by atoms with van der Waals surface area (Å²) in [7, 11) is 0. The summed E-state index contributed by atoms with van der Waals surface area (Å²) in [5, 5.41) is 12.1. The standard InChI is InChI=1S/C20H29N3O4S.ClH/c1-28-12-9-16(21)19(25)23-10-7-15(8-11-23)18(24)22-17(20(26)27)13-14-5-3-2-4-6-14;/h2-6,15-17H,7-13,21H2,1H3,(H,22,24)(H,26,27);1H/t16-,17-;/m0./s1. The summed E-state index contributed by atoms with van der Waals surface area (Å²) < 4.78 is 0. The first-order chi connectivity index (χ1) is 13.4. The number of carbonyl (C=O) groups is 3. The van der Waals surface area contributed by atoms with Crippen molar-refractivity contribution in [3.63, 3.8) is 0 Å². The summed E-state index contributed by atoms with van der Waals surface area (Å²) in [6, 6.07) is 7.76. The van der Waals surface area contributed by atoms with Gasteiger partial charge in [-0.05, 0) is 36.8 Å². The van der Waals surface area contributed by atoms with E-state index < -0.39 is 18.1 Å². The van der Waals surface area contributed by atoms with Gasteiger partial charge in [-0.15, -0.1) is 12.4 Å². The van der Waals surface area contributed by atoms with Crippen molar-refractivity contribution in [2.45, 2.75) is 37.8 Å². The Kier molecular flexibility index (Phi) is 11.1. The molecule has 162 valence electrons. The minimum absolute atomic E-state index is 0. The molecule has 7 nitrogen and oxygen atoms in total. The lowest BCUT2D eigenvalue weighted by Gasteiger charge is -2.33. The number of hydrogen-bond acceptors (Lipinski definition) is 5. The van der Waals surface area contributed by atoms with Gasteiger partial charge < -0.3 is 21.1 Å². The van der Waals surface area contributed by atoms with Gasteiger partial charge in [-0.25, -0.2) is 4.79 Å². The fourth-order valence-electron chi connectivity index (χ4n) is 3.30. The fourth-order valence-corrected chi connectivity index (χ4v) is 3.79. The van der Waals surface area contributed by atoms with Crippen molar-refractivity contribution in [2.75, 3.05) is 25.1 Å². The minimum Gasteiger partial charge on any atom is -0.480 e. The normalized spacial score (nSPS) is 16.4. The smallest absolute Gasteiger partial charge is 0.326 e. The zero-order valence-corrected chi connectivity index (χ0v) is 18.2. The molecule has 0 unspecified atom stereocenters. The number of likely N-dealkylation sites (tertiary alicyclic amines) is 1. The Morgan fingerprint density at radius 3 is 2.41 bits per heavy atom. The Labute approximate surface area is 182 Å². The lowest BCUT2D eigenvalue weighted by molar-refractivity contribution is -0.143. The van der Waals surface area contributed by atoms with Crippen LogP contribution in [-0.2, 0) is 20.8 Å². The van der Waals surface area contributed by atoms with Gasteiger partial charge in [0, 0.05) is 25.4 Å². The number of carboxylic acid groups (broad SMARTS) is 1. The van der Waals surface area contributed by atoms with Crippen molar-refractivity contribution in [2.24, 2.45) is 11.7 Å². The summed E-state index contributed by atoms with van der Waals surface area (Å²) in [6.45, 7) is 0.945. The van der Waals surface area contributed by atoms with Crippen LogP contribution < -0.4 is 11.1 Å². The molecule has 2 amide bonds. The van der Waals surface area contributed by atoms with E-state index in [1.54, 1.807) is 16.7 Å². The maximum absolute atomic E-state index is 12.5. The molecular weight excluding hydrogens is 414 g/mol. The van der Waals surface area contributed by atoms with Gasteiger partial charge >= 0.3 is 5.97 Å². The predicted molar refractivity (Wildman–Crippen MR) is 117 cm³/mol. The Hall–Kier alpha value is -1.77. The van der Waals surface area contributed by atoms with Crippen LogP contribution in [0.25, 0.3) is 0 Å². The highest BCUT2D eigenvalue weighted by Gasteiger charge is 2.31. The van der Waals surface area contributed by atoms with Crippen LogP contribution in [0.5, 0.6) is 0 Å². The number of nitrogens with two attached hydrogens (primary N) is 1. The van der Waals surface area contributed by atoms with E-state index in [-0.39, 0.29) is 36.6 Å². The second kappa shape index (κ2) is 12.7. The number of nitrogens with zero attached hydrogens (tertiary/aromatic N) is 1. The van der Waals surface area contributed by atoms with E-state index in [0.29, 0.717) is 32.4 Å². The SMILES string of the molecule is CSCC[C@H](N)C(=O)N1CCC(C(=O)N[C@@H](Cc2ccccc2)C(=O)O)CC1.Cl. The predicted octanol–water partition coefficient (Wildman–Crippen LogP) is 1.54. The van der Waals surface area contributed by atoms with Gasteiger partial charge in [-0.1, -0.05) is 30.3 Å². The molecule has 1 aromatic rings. The number of hydrogen-bond donors (Lipinski definition) is 3. The van der Waals surface area contributed by atoms with Crippen molar-refractivity contribution < 1.29 is 19.5 Å². The van der Waals surface area contributed by atoms with E-state index in [0.717, 1.165) is 11.3 Å². The van der Waals surface area contributed by atoms with Crippen molar-refractivity contribution in [1.82, 2.24) is 10.2 Å². The number of nitrogens with one attached hydrogen (secondary N) is 1. The third-order valence-electron chi connectivity index (χ3n) is 5.02. The summed E-state index contributed by atoms with van der Waals surface area (Å²) in [4.78, 5) is 38.2. The Balaban J connectivity index is 0.00000420. The van der Waals surface area contributed by atoms with Gasteiger partial charge in [0.1, 0.15) is 6.04 Å². The zero-order chi connectivity index (χ0) is 20.5. The number of carboxylic acids is 1. The molecule has 0 saturated carbocycles. The van der Waals surface area contributed by atoms with E-state index in [1.165, 1.54) is 0 Å². The molecule has 2 rings (SSSR count). The zero-order valence-electron chi connectivity index (χ0n) is 16.6. The van der Waals surface area contributed by atoms with Crippen molar-refractivity contribution in [3.05, 3.63) is 35.9 Å². The van der Waals surface area contributed by atoms with E-state index in [4.69, 9.17) is 5.73 Å². The summed E-state index contributed by atoms with van der Waals surface area (Å²) >= 11 is 1.66. The third-order valence-corrected chi connectivity index (χ3v) is 5.67. The number of amides is 2. The molecule has 1 heterocycles. The van der Waals surface area contributed by atoms with Crippen LogP contribution in [0.2, 0.25) is 0 Å². The van der Waals surface area contributed by atoms with E-state index >= 15 is 0 Å². The first kappa shape index (κ1) is 25.3. The molecule has 1 aromatic carbocycles. The number of carbonyl (C=O) groups excluding carboxylic acids is 2. The van der Waals surface area contributed by atoms with Crippen LogP contribution >= 0.6 is 24.2 Å². The van der Waals surface area contributed by atoms with Crippen LogP contribution in [0, 0.1) is 5.92 Å². The van der Waals surface area contributed by atoms with E-state index in [1.807, 2.05) is 36.6 Å². The number of aliphatic carboxylic acids is 1. The molecule has 2 atom stereocenters. The average Bonchev–Trinajstić information content (AvgIpc) is 2.71. The van der Waals surface area contributed by atoms with E-state index in [2.05, 4.69) is 5.32 Å². The molecule has 0 radical (unpaired) electrons. The number of halogens is 1. The first-order valence-corrected chi connectivity index (χ1v) is 10.9. The summed E-state index contributed by atoms with van der Waals surface area (Å²) in [6.07, 6.45) is 3.89. The molecule has 29 heavy (non-hydrogen) atoms. The molecule has 0 aliphatic carbocycles. The van der Waals surface area contributed by atoms with Crippen LogP contribution in [0.1, 0.15) is 24.8 Å². The highest BCUT2D eigenvalue weighted by Crippen LogP contribution is 2.19. The van der Waals surface area contributed by atoms with Gasteiger partial charge in [0.25, 0.3) is 0 Å². The van der Waals surface area contributed by atoms with Gasteiger partial charge in [0.15, 0.2) is 0 Å². The molecule has 0 spiro atoms. The van der Waals surface area contributed by atoms with Crippen molar-refractivity contribution in [3.8, 4) is 0 Å². The molecule has 1 saturated heterocycles. The molecule has 0 bridgehead atoms. The van der Waals surface area contributed by atoms with Crippen molar-refractivity contribution in [1.29, 1.82) is 0 Å². The summed E-state index contributed by atoms with van der Waals surface area (Å²) in [5.74, 6) is -0.833. The molecule has 9 heteroatoms. The lowest BCUT2D eigenvalue weighted by atomic mass is 9.94. The lowest BCUT2D eigenvalue weighted by Crippen LogP contribution is -2.51. The molecule has 4 N–H and O–H groups in total. The highest BCUT2D eigenvalue weighted by molar-refractivity contribution is 7.98. The fraction of sp³-hybridized carbons (Fsp3) is 0.550. The van der Waals surface area contributed by atoms with Gasteiger partial charge in [-0.3, -0.25) is 9.59 Å². The molecule has 1 fully saturated rings.